The molecule has 0 bridgehead atoms. The number of amides is 2. The average Bonchev–Trinajstić information content (AvgIpc) is 3.17. The molecule has 156 valence electrons. The number of carboxylic acid groups (broad SMARTS) is 1. The Bertz CT molecular complexity index is 698. The van der Waals surface area contributed by atoms with Gasteiger partial charge in [0.25, 0.3) is 0 Å². The van der Waals surface area contributed by atoms with Gasteiger partial charge in [0.1, 0.15) is 5.82 Å². The number of anilines is 2. The third-order valence-electron chi connectivity index (χ3n) is 4.78. The smallest absolute Gasteiger partial charge is 0.404 e. The molecular weight excluding hydrogens is 371 g/mol. The lowest BCUT2D eigenvalue weighted by Crippen LogP contribution is -2.42. The lowest BCUT2D eigenvalue weighted by atomic mass is 9.92. The van der Waals surface area contributed by atoms with Crippen molar-refractivity contribution in [2.45, 2.75) is 39.0 Å². The van der Waals surface area contributed by atoms with Crippen LogP contribution in [0.2, 0.25) is 0 Å². The Morgan fingerprint density at radius 2 is 2.04 bits per heavy atom. The topological polar surface area (TPSA) is 129 Å². The summed E-state index contributed by atoms with van der Waals surface area (Å²) < 4.78 is 14.6. The SMILES string of the molecule is CON(C)c1nc(C)nc(NNC(=O)[C@@H](CNC(=O)O)CC2CCCC2)c1F. The molecule has 11 heteroatoms. The fourth-order valence-electron chi connectivity index (χ4n) is 3.29. The van der Waals surface area contributed by atoms with Gasteiger partial charge in [-0.1, -0.05) is 25.7 Å². The van der Waals surface area contributed by atoms with Crippen molar-refractivity contribution in [3.8, 4) is 0 Å². The summed E-state index contributed by atoms with van der Waals surface area (Å²) in [6.45, 7) is 1.57. The van der Waals surface area contributed by atoms with E-state index in [0.717, 1.165) is 30.7 Å². The number of aryl methyl sites for hydroxylation is 1. The van der Waals surface area contributed by atoms with Gasteiger partial charge in [-0.2, -0.15) is 4.39 Å². The molecule has 1 aromatic rings. The largest absolute Gasteiger partial charge is 0.465 e. The third-order valence-corrected chi connectivity index (χ3v) is 4.78. The number of hydrogen-bond donors (Lipinski definition) is 4. The van der Waals surface area contributed by atoms with Crippen molar-refractivity contribution in [2.24, 2.45) is 11.8 Å². The summed E-state index contributed by atoms with van der Waals surface area (Å²) in [5.41, 5.74) is 4.92. The first-order valence-electron chi connectivity index (χ1n) is 9.16. The van der Waals surface area contributed by atoms with Crippen LogP contribution < -0.4 is 21.2 Å². The molecule has 0 saturated heterocycles. The minimum atomic E-state index is -1.19. The number of hydroxylamine groups is 1. The van der Waals surface area contributed by atoms with Crippen LogP contribution in [0, 0.1) is 24.6 Å². The molecule has 0 radical (unpaired) electrons. The second kappa shape index (κ2) is 10.0. The number of nitrogens with one attached hydrogen (secondary N) is 3. The second-order valence-corrected chi connectivity index (χ2v) is 6.82. The Labute approximate surface area is 162 Å². The zero-order chi connectivity index (χ0) is 20.7. The minimum Gasteiger partial charge on any atom is -0.465 e. The van der Waals surface area contributed by atoms with Crippen LogP contribution in [0.25, 0.3) is 0 Å². The quantitative estimate of drug-likeness (QED) is 0.464. The van der Waals surface area contributed by atoms with Crippen LogP contribution in [-0.2, 0) is 9.63 Å². The number of hydrazine groups is 1. The summed E-state index contributed by atoms with van der Waals surface area (Å²) in [5, 5.41) is 12.2. The fraction of sp³-hybridized carbons (Fsp3) is 0.647. The average molecular weight is 398 g/mol. The van der Waals surface area contributed by atoms with Crippen LogP contribution in [0.1, 0.15) is 37.9 Å². The van der Waals surface area contributed by atoms with Crippen LogP contribution in [-0.4, -0.2) is 47.8 Å². The maximum Gasteiger partial charge on any atom is 0.404 e. The number of rotatable bonds is 9. The van der Waals surface area contributed by atoms with E-state index in [0.29, 0.717) is 12.3 Å². The first kappa shape index (κ1) is 21.6. The zero-order valence-corrected chi connectivity index (χ0v) is 16.3. The van der Waals surface area contributed by atoms with E-state index in [2.05, 4.69) is 26.1 Å². The maximum absolute atomic E-state index is 14.6. The zero-order valence-electron chi connectivity index (χ0n) is 16.3. The van der Waals surface area contributed by atoms with Gasteiger partial charge in [0.15, 0.2) is 11.6 Å². The highest BCUT2D eigenvalue weighted by Gasteiger charge is 2.26. The van der Waals surface area contributed by atoms with Crippen molar-refractivity contribution in [1.29, 1.82) is 0 Å². The Kier molecular flexibility index (Phi) is 7.73. The standard InChI is InChI=1S/C17H27FN6O4/c1-10-20-14(13(18)15(21-10)24(2)28-3)22-23-16(25)12(9-19-17(26)27)8-11-6-4-5-7-11/h11-12,19H,4-9H2,1-3H3,(H,23,25)(H,26,27)(H,20,21,22)/t12-/m1/s1. The monoisotopic (exact) mass is 398 g/mol. The second-order valence-electron chi connectivity index (χ2n) is 6.82. The number of nitrogens with zero attached hydrogens (tertiary/aromatic N) is 3. The van der Waals surface area contributed by atoms with E-state index in [1.807, 2.05) is 0 Å². The molecule has 2 rings (SSSR count). The molecule has 0 spiro atoms. The summed E-state index contributed by atoms with van der Waals surface area (Å²) >= 11 is 0. The summed E-state index contributed by atoms with van der Waals surface area (Å²) in [5.74, 6) is -1.41. The van der Waals surface area contributed by atoms with Crippen LogP contribution in [0.3, 0.4) is 0 Å². The van der Waals surface area contributed by atoms with Crippen molar-refractivity contribution < 1.29 is 23.9 Å². The van der Waals surface area contributed by atoms with Crippen molar-refractivity contribution >= 4 is 23.6 Å². The normalized spacial score (nSPS) is 15.1. The predicted octanol–water partition coefficient (Wildman–Crippen LogP) is 1.83. The fourth-order valence-corrected chi connectivity index (χ4v) is 3.29. The van der Waals surface area contributed by atoms with Crippen molar-refractivity contribution in [2.75, 3.05) is 31.2 Å². The van der Waals surface area contributed by atoms with Gasteiger partial charge in [-0.05, 0) is 19.3 Å². The van der Waals surface area contributed by atoms with Gasteiger partial charge in [-0.3, -0.25) is 20.5 Å². The third kappa shape index (κ3) is 5.91. The molecule has 1 saturated carbocycles. The van der Waals surface area contributed by atoms with E-state index in [-0.39, 0.29) is 24.0 Å². The number of carbonyl (C=O) groups is 2. The molecule has 0 unspecified atom stereocenters. The highest BCUT2D eigenvalue weighted by molar-refractivity contribution is 5.80. The van der Waals surface area contributed by atoms with E-state index in [4.69, 9.17) is 9.94 Å². The molecule has 2 amide bonds. The number of halogens is 1. The molecule has 0 aromatic carbocycles. The summed E-state index contributed by atoms with van der Waals surface area (Å²) in [6, 6.07) is 0. The molecule has 1 fully saturated rings. The minimum absolute atomic E-state index is 0.0116. The molecule has 0 aliphatic heterocycles. The molecular formula is C17H27FN6O4. The highest BCUT2D eigenvalue weighted by Crippen LogP contribution is 2.30. The summed E-state index contributed by atoms with van der Waals surface area (Å²) in [7, 11) is 2.86. The number of aromatic nitrogens is 2. The molecule has 1 aliphatic rings. The van der Waals surface area contributed by atoms with Gasteiger partial charge in [0.05, 0.1) is 13.0 Å². The summed E-state index contributed by atoms with van der Waals surface area (Å²) in [4.78, 5) is 36.3. The van der Waals surface area contributed by atoms with Crippen LogP contribution in [0.5, 0.6) is 0 Å². The van der Waals surface area contributed by atoms with Gasteiger partial charge >= 0.3 is 6.09 Å². The van der Waals surface area contributed by atoms with E-state index in [1.165, 1.54) is 14.2 Å². The van der Waals surface area contributed by atoms with Crippen molar-refractivity contribution in [3.63, 3.8) is 0 Å². The van der Waals surface area contributed by atoms with E-state index >= 15 is 0 Å². The van der Waals surface area contributed by atoms with Gasteiger partial charge in [0.2, 0.25) is 11.7 Å². The van der Waals surface area contributed by atoms with E-state index in [1.54, 1.807) is 6.92 Å². The summed E-state index contributed by atoms with van der Waals surface area (Å²) in [6.07, 6.45) is 3.65. The van der Waals surface area contributed by atoms with Gasteiger partial charge in [-0.15, -0.1) is 0 Å². The molecule has 4 N–H and O–H groups in total. The van der Waals surface area contributed by atoms with E-state index < -0.39 is 23.7 Å². The van der Waals surface area contributed by atoms with Crippen LogP contribution in [0.15, 0.2) is 0 Å². The van der Waals surface area contributed by atoms with Gasteiger partial charge in [0, 0.05) is 13.6 Å². The number of hydrogen-bond acceptors (Lipinski definition) is 7. The Hall–Kier alpha value is -2.69. The first-order chi connectivity index (χ1) is 13.3. The van der Waals surface area contributed by atoms with Crippen LogP contribution in [0.4, 0.5) is 20.8 Å². The molecule has 1 heterocycles. The van der Waals surface area contributed by atoms with Crippen molar-refractivity contribution in [1.82, 2.24) is 20.7 Å². The predicted molar refractivity (Wildman–Crippen MR) is 100.0 cm³/mol. The Morgan fingerprint density at radius 1 is 1.36 bits per heavy atom. The molecule has 1 aromatic heterocycles. The van der Waals surface area contributed by atoms with Gasteiger partial charge < -0.3 is 10.4 Å². The molecule has 1 aliphatic carbocycles. The first-order valence-corrected chi connectivity index (χ1v) is 9.16. The molecule has 28 heavy (non-hydrogen) atoms. The Balaban J connectivity index is 2.06. The van der Waals surface area contributed by atoms with Crippen LogP contribution >= 0.6 is 0 Å². The van der Waals surface area contributed by atoms with Crippen molar-refractivity contribution in [3.05, 3.63) is 11.6 Å². The lowest BCUT2D eigenvalue weighted by Gasteiger charge is -2.21. The number of carbonyl (C=O) groups excluding carboxylic acids is 1. The van der Waals surface area contributed by atoms with E-state index in [9.17, 15) is 14.0 Å². The highest BCUT2D eigenvalue weighted by atomic mass is 19.1. The van der Waals surface area contributed by atoms with Gasteiger partial charge in [-0.25, -0.2) is 19.8 Å². The molecule has 1 atom stereocenters. The maximum atomic E-state index is 14.6. The Morgan fingerprint density at radius 3 is 2.64 bits per heavy atom. The lowest BCUT2D eigenvalue weighted by molar-refractivity contribution is -0.124. The molecule has 10 nitrogen and oxygen atoms in total.